The molecule has 226 valence electrons. The first-order chi connectivity index (χ1) is 19.7. The first kappa shape index (κ1) is 29.3. The molecule has 11 heteroatoms. The number of fused-ring (bicyclic) bond motifs is 5. The van der Waals surface area contributed by atoms with Crippen molar-refractivity contribution in [1.82, 2.24) is 0 Å². The highest BCUT2D eigenvalue weighted by Crippen LogP contribution is 2.72. The number of hydrogen-bond donors (Lipinski definition) is 1. The molecule has 8 nitrogen and oxygen atoms in total. The number of carbonyl (C=O) groups is 4. The van der Waals surface area contributed by atoms with Crippen molar-refractivity contribution in [2.75, 3.05) is 6.61 Å². The lowest BCUT2D eigenvalue weighted by Gasteiger charge is -2.63. The van der Waals surface area contributed by atoms with Crippen LogP contribution in [0.2, 0.25) is 0 Å². The Morgan fingerprint density at radius 3 is 2.57 bits per heavy atom. The minimum atomic E-state index is -2.36. The number of halogens is 2. The van der Waals surface area contributed by atoms with E-state index in [1.54, 1.807) is 26.8 Å². The second kappa shape index (κ2) is 9.61. The number of allylic oxidation sites excluding steroid dienone is 4. The summed E-state index contributed by atoms with van der Waals surface area (Å²) in [6.07, 6.45) is 1.59. The number of rotatable bonds is 4. The van der Waals surface area contributed by atoms with E-state index in [9.17, 15) is 24.3 Å². The second-order valence-electron chi connectivity index (χ2n) is 12.9. The Hall–Kier alpha value is -2.79. The zero-order valence-electron chi connectivity index (χ0n) is 23.9. The molecule has 4 fully saturated rings. The van der Waals surface area contributed by atoms with E-state index in [4.69, 9.17) is 13.9 Å². The van der Waals surface area contributed by atoms with Gasteiger partial charge in [-0.15, -0.1) is 0 Å². The third-order valence-electron chi connectivity index (χ3n) is 10.9. The van der Waals surface area contributed by atoms with Crippen molar-refractivity contribution in [1.29, 1.82) is 0 Å². The van der Waals surface area contributed by atoms with Gasteiger partial charge in [-0.3, -0.25) is 14.4 Å². The highest BCUT2D eigenvalue weighted by Gasteiger charge is 2.78. The van der Waals surface area contributed by atoms with Crippen LogP contribution in [0.25, 0.3) is 0 Å². The van der Waals surface area contributed by atoms with Crippen molar-refractivity contribution in [2.45, 2.75) is 82.2 Å². The predicted molar refractivity (Wildman–Crippen MR) is 147 cm³/mol. The van der Waals surface area contributed by atoms with Gasteiger partial charge in [0.15, 0.2) is 17.1 Å². The molecule has 1 saturated heterocycles. The molecule has 3 saturated carbocycles. The van der Waals surface area contributed by atoms with Crippen molar-refractivity contribution >= 4 is 34.6 Å². The van der Waals surface area contributed by atoms with Gasteiger partial charge in [0, 0.05) is 34.7 Å². The predicted octanol–water partition coefficient (Wildman–Crippen LogP) is 4.62. The SMILES string of the molecule is Cc1ccoc1C(=O)O[C@]1(C(=O)S[C@H]2CCOC2=O)[C@H](C)C[C@H]2[C@@H]3C[C@H](F)C4=CC(=O)C=C[C@]4(C)[C@@]3(F)[C@@H](O)C[C@@]21C. The van der Waals surface area contributed by atoms with Gasteiger partial charge in [0.05, 0.1) is 19.0 Å². The fraction of sp³-hybridized carbons (Fsp3) is 0.613. The summed E-state index contributed by atoms with van der Waals surface area (Å²) in [4.78, 5) is 52.5. The van der Waals surface area contributed by atoms with Crippen molar-refractivity contribution in [3.05, 3.63) is 47.5 Å². The van der Waals surface area contributed by atoms with Crippen molar-refractivity contribution in [2.24, 2.45) is 28.6 Å². The van der Waals surface area contributed by atoms with E-state index in [-0.39, 0.29) is 37.2 Å². The lowest BCUT2D eigenvalue weighted by atomic mass is 9.44. The average molecular weight is 605 g/mol. The van der Waals surface area contributed by atoms with Gasteiger partial charge in [0.1, 0.15) is 11.4 Å². The first-order valence-electron chi connectivity index (χ1n) is 14.3. The summed E-state index contributed by atoms with van der Waals surface area (Å²) in [5.41, 5.74) is -6.68. The molecule has 42 heavy (non-hydrogen) atoms. The average Bonchev–Trinajstić information content (AvgIpc) is 3.60. The molecule has 1 aromatic rings. The summed E-state index contributed by atoms with van der Waals surface area (Å²) in [5.74, 6) is -4.40. The zero-order valence-corrected chi connectivity index (χ0v) is 24.7. The molecule has 6 rings (SSSR count). The monoisotopic (exact) mass is 604 g/mol. The lowest BCUT2D eigenvalue weighted by Crippen LogP contribution is -2.70. The van der Waals surface area contributed by atoms with Crippen LogP contribution in [-0.2, 0) is 23.9 Å². The summed E-state index contributed by atoms with van der Waals surface area (Å²) >= 11 is 0.732. The van der Waals surface area contributed by atoms with Crippen LogP contribution in [0.3, 0.4) is 0 Å². The third-order valence-corrected chi connectivity index (χ3v) is 12.1. The summed E-state index contributed by atoms with van der Waals surface area (Å²) < 4.78 is 50.1. The standard InChI is InChI=1S/C31H34F2O8S/c1-15-6-9-39-24(15)26(37)41-31(27(38)42-22-7-10-40-25(22)36)16(2)11-18-19-13-21(32)20-12-17(34)5-8-28(20,3)30(19,33)23(35)14-29(18,31)4/h5-6,8-9,12,16,18-19,21-23,35H,7,10-11,13-14H2,1-4H3/t16-,18+,19+,21+,22+,23+,28+,29+,30+,31+/m1/s1. The number of ketones is 1. The summed E-state index contributed by atoms with van der Waals surface area (Å²) in [7, 11) is 0. The fourth-order valence-corrected chi connectivity index (χ4v) is 10.1. The number of aliphatic hydroxyl groups excluding tert-OH is 1. The van der Waals surface area contributed by atoms with Crippen LogP contribution >= 0.6 is 11.8 Å². The Bertz CT molecular complexity index is 1440. The molecule has 0 amide bonds. The molecule has 0 aromatic carbocycles. The number of carbonyl (C=O) groups excluding carboxylic acids is 4. The van der Waals surface area contributed by atoms with Gasteiger partial charge in [-0.05, 0) is 62.8 Å². The van der Waals surface area contributed by atoms with Crippen molar-refractivity contribution in [3.8, 4) is 0 Å². The molecular weight excluding hydrogens is 570 g/mol. The van der Waals surface area contributed by atoms with E-state index in [0.29, 0.717) is 12.0 Å². The van der Waals surface area contributed by atoms with Gasteiger partial charge in [-0.1, -0.05) is 31.7 Å². The van der Waals surface area contributed by atoms with Gasteiger partial charge in [0.2, 0.25) is 10.9 Å². The number of alkyl halides is 2. The molecular formula is C31H34F2O8S. The lowest BCUT2D eigenvalue weighted by molar-refractivity contribution is -0.221. The molecule has 0 spiro atoms. The minimum Gasteiger partial charge on any atom is -0.465 e. The van der Waals surface area contributed by atoms with Crippen LogP contribution in [0, 0.1) is 35.5 Å². The van der Waals surface area contributed by atoms with Gasteiger partial charge in [-0.25, -0.2) is 13.6 Å². The molecule has 0 radical (unpaired) electrons. The van der Waals surface area contributed by atoms with Crippen molar-refractivity contribution in [3.63, 3.8) is 0 Å². The molecule has 2 heterocycles. The van der Waals surface area contributed by atoms with Gasteiger partial charge < -0.3 is 19.0 Å². The number of hydrogen-bond acceptors (Lipinski definition) is 9. The van der Waals surface area contributed by atoms with E-state index in [0.717, 1.165) is 17.8 Å². The number of aryl methyl sites for hydroxylation is 1. The van der Waals surface area contributed by atoms with Gasteiger partial charge in [0.25, 0.3) is 0 Å². The fourth-order valence-electron chi connectivity index (χ4n) is 8.79. The zero-order chi connectivity index (χ0) is 30.4. The molecule has 0 unspecified atom stereocenters. The first-order valence-corrected chi connectivity index (χ1v) is 15.2. The molecule has 0 bridgehead atoms. The molecule has 1 N–H and O–H groups in total. The maximum absolute atomic E-state index is 17.6. The summed E-state index contributed by atoms with van der Waals surface area (Å²) in [5, 5.41) is 10.3. The molecule has 4 aliphatic carbocycles. The van der Waals surface area contributed by atoms with E-state index >= 15 is 8.78 Å². The third kappa shape index (κ3) is 3.68. The number of aliphatic hydroxyl groups is 1. The van der Waals surface area contributed by atoms with E-state index in [1.165, 1.54) is 25.3 Å². The largest absolute Gasteiger partial charge is 0.465 e. The maximum atomic E-state index is 17.6. The number of esters is 2. The van der Waals surface area contributed by atoms with Gasteiger partial charge in [-0.2, -0.15) is 0 Å². The number of thioether (sulfide) groups is 1. The normalized spacial score (nSPS) is 44.1. The molecule has 1 aliphatic heterocycles. The highest BCUT2D eigenvalue weighted by atomic mass is 32.2. The summed E-state index contributed by atoms with van der Waals surface area (Å²) in [6, 6.07) is 1.58. The Morgan fingerprint density at radius 1 is 1.19 bits per heavy atom. The smallest absolute Gasteiger partial charge is 0.375 e. The maximum Gasteiger partial charge on any atom is 0.375 e. The van der Waals surface area contributed by atoms with E-state index < -0.39 is 80.2 Å². The topological polar surface area (TPSA) is 120 Å². The Labute approximate surface area is 246 Å². The highest BCUT2D eigenvalue weighted by molar-refractivity contribution is 8.14. The Kier molecular flexibility index (Phi) is 6.70. The summed E-state index contributed by atoms with van der Waals surface area (Å²) in [6.45, 7) is 6.74. The van der Waals surface area contributed by atoms with Crippen molar-refractivity contribution < 1.29 is 47.0 Å². The Balaban J connectivity index is 1.47. The number of cyclic esters (lactones) is 1. The van der Waals surface area contributed by atoms with Gasteiger partial charge >= 0.3 is 11.9 Å². The van der Waals surface area contributed by atoms with Crippen LogP contribution in [0.1, 0.15) is 62.6 Å². The van der Waals surface area contributed by atoms with E-state index in [1.807, 2.05) is 0 Å². The minimum absolute atomic E-state index is 0.000174. The van der Waals surface area contributed by atoms with Crippen LogP contribution in [0.5, 0.6) is 0 Å². The molecule has 5 aliphatic rings. The second-order valence-corrected chi connectivity index (χ2v) is 14.1. The quantitative estimate of drug-likeness (QED) is 0.491. The molecule has 10 atom stereocenters. The van der Waals surface area contributed by atoms with Crippen LogP contribution in [-0.4, -0.2) is 63.3 Å². The van der Waals surface area contributed by atoms with E-state index in [2.05, 4.69) is 0 Å². The van der Waals surface area contributed by atoms with Crippen LogP contribution in [0.15, 0.2) is 40.5 Å². The number of furan rings is 1. The van der Waals surface area contributed by atoms with Crippen LogP contribution < -0.4 is 0 Å². The van der Waals surface area contributed by atoms with Crippen LogP contribution in [0.4, 0.5) is 8.78 Å². The Morgan fingerprint density at radius 2 is 1.93 bits per heavy atom. The number of ether oxygens (including phenoxy) is 2. The molecule has 1 aromatic heterocycles.